The molecule has 1 aliphatic rings. The van der Waals surface area contributed by atoms with Crippen molar-refractivity contribution in [2.75, 3.05) is 6.54 Å². The van der Waals surface area contributed by atoms with Crippen LogP contribution in [0.1, 0.15) is 51.3 Å². The van der Waals surface area contributed by atoms with E-state index in [1.807, 2.05) is 12.4 Å². The third-order valence-corrected chi connectivity index (χ3v) is 3.91. The van der Waals surface area contributed by atoms with E-state index in [9.17, 15) is 5.11 Å². The monoisotopic (exact) mass is 251 g/mol. The lowest BCUT2D eigenvalue weighted by Crippen LogP contribution is -2.40. The number of imidazole rings is 1. The summed E-state index contributed by atoms with van der Waals surface area (Å²) in [6.45, 7) is 4.48. The molecule has 0 unspecified atom stereocenters. The Morgan fingerprint density at radius 1 is 1.33 bits per heavy atom. The lowest BCUT2D eigenvalue weighted by atomic mass is 9.94. The number of rotatable bonds is 5. The lowest BCUT2D eigenvalue weighted by Gasteiger charge is -2.26. The van der Waals surface area contributed by atoms with Gasteiger partial charge in [0.05, 0.1) is 12.1 Å². The van der Waals surface area contributed by atoms with Gasteiger partial charge in [-0.15, -0.1) is 0 Å². The minimum atomic E-state index is -0.500. The highest BCUT2D eigenvalue weighted by Gasteiger charge is 2.27. The van der Waals surface area contributed by atoms with E-state index in [1.54, 1.807) is 0 Å². The average Bonchev–Trinajstić information content (AvgIpc) is 2.70. The Morgan fingerprint density at radius 3 is 2.72 bits per heavy atom. The van der Waals surface area contributed by atoms with Gasteiger partial charge >= 0.3 is 0 Å². The van der Waals surface area contributed by atoms with E-state index in [-0.39, 0.29) is 0 Å². The van der Waals surface area contributed by atoms with Crippen LogP contribution >= 0.6 is 0 Å². The molecule has 0 aliphatic heterocycles. The van der Waals surface area contributed by atoms with E-state index in [4.69, 9.17) is 0 Å². The molecule has 0 aromatic carbocycles. The van der Waals surface area contributed by atoms with E-state index in [0.717, 1.165) is 44.6 Å². The quantitative estimate of drug-likeness (QED) is 0.788. The van der Waals surface area contributed by atoms with Crippen LogP contribution in [0.5, 0.6) is 0 Å². The maximum absolute atomic E-state index is 10.5. The van der Waals surface area contributed by atoms with Crippen molar-refractivity contribution in [1.29, 1.82) is 0 Å². The lowest BCUT2D eigenvalue weighted by molar-refractivity contribution is 0.0248. The summed E-state index contributed by atoms with van der Waals surface area (Å²) in [6.07, 6.45) is 10.5. The zero-order chi connectivity index (χ0) is 12.8. The smallest absolute Gasteiger partial charge is 0.122 e. The number of hydrogen-bond donors (Lipinski definition) is 2. The molecule has 102 valence electrons. The molecule has 2 N–H and O–H groups in total. The highest BCUT2D eigenvalue weighted by atomic mass is 16.3. The number of aromatic nitrogens is 2. The van der Waals surface area contributed by atoms with Gasteiger partial charge in [-0.3, -0.25) is 0 Å². The second kappa shape index (κ2) is 6.34. The Hall–Kier alpha value is -0.870. The molecule has 1 fully saturated rings. The van der Waals surface area contributed by atoms with Crippen LogP contribution in [0.4, 0.5) is 0 Å². The van der Waals surface area contributed by atoms with Gasteiger partial charge in [0.1, 0.15) is 5.82 Å². The summed E-state index contributed by atoms with van der Waals surface area (Å²) < 4.78 is 2.13. The molecule has 1 saturated carbocycles. The number of hydrogen-bond acceptors (Lipinski definition) is 3. The van der Waals surface area contributed by atoms with Gasteiger partial charge < -0.3 is 15.0 Å². The molecule has 1 heterocycles. The molecule has 4 nitrogen and oxygen atoms in total. The maximum atomic E-state index is 10.5. The molecular weight excluding hydrogens is 226 g/mol. The molecule has 1 aliphatic carbocycles. The van der Waals surface area contributed by atoms with Gasteiger partial charge in [-0.1, -0.05) is 25.7 Å². The standard InChI is InChI=1S/C14H25N3O/c1-2-17-10-9-16-13(17)11-15-12-14(18)7-5-3-4-6-8-14/h9-10,15,18H,2-8,11-12H2,1H3. The summed E-state index contributed by atoms with van der Waals surface area (Å²) in [5.41, 5.74) is -0.500. The predicted octanol–water partition coefficient (Wildman–Crippen LogP) is 2.08. The molecule has 0 radical (unpaired) electrons. The van der Waals surface area contributed by atoms with Gasteiger partial charge in [0.15, 0.2) is 0 Å². The van der Waals surface area contributed by atoms with Gasteiger partial charge in [0, 0.05) is 25.5 Å². The first-order chi connectivity index (χ1) is 8.73. The van der Waals surface area contributed by atoms with Crippen LogP contribution in [-0.4, -0.2) is 26.8 Å². The summed E-state index contributed by atoms with van der Waals surface area (Å²) in [7, 11) is 0. The van der Waals surface area contributed by atoms with Gasteiger partial charge in [0.2, 0.25) is 0 Å². The molecule has 1 aromatic rings. The van der Waals surface area contributed by atoms with Crippen LogP contribution in [0.3, 0.4) is 0 Å². The molecule has 0 atom stereocenters. The first-order valence-corrected chi connectivity index (χ1v) is 7.17. The predicted molar refractivity (Wildman–Crippen MR) is 72.3 cm³/mol. The van der Waals surface area contributed by atoms with Crippen molar-refractivity contribution in [3.05, 3.63) is 18.2 Å². The Labute approximate surface area is 109 Å². The third kappa shape index (κ3) is 3.56. The molecule has 1 aromatic heterocycles. The fourth-order valence-electron chi connectivity index (χ4n) is 2.77. The number of aryl methyl sites for hydroxylation is 1. The normalized spacial score (nSPS) is 19.7. The van der Waals surface area contributed by atoms with Crippen molar-refractivity contribution >= 4 is 0 Å². The van der Waals surface area contributed by atoms with Crippen molar-refractivity contribution in [1.82, 2.24) is 14.9 Å². The largest absolute Gasteiger partial charge is 0.389 e. The summed E-state index contributed by atoms with van der Waals surface area (Å²) in [5.74, 6) is 1.05. The maximum Gasteiger partial charge on any atom is 0.122 e. The molecule has 0 spiro atoms. The third-order valence-electron chi connectivity index (χ3n) is 3.91. The second-order valence-corrected chi connectivity index (χ2v) is 5.37. The molecular formula is C14H25N3O. The Balaban J connectivity index is 1.80. The minimum Gasteiger partial charge on any atom is -0.389 e. The van der Waals surface area contributed by atoms with Crippen LogP contribution in [0.15, 0.2) is 12.4 Å². The molecule has 0 saturated heterocycles. The number of aliphatic hydroxyl groups is 1. The Bertz CT molecular complexity index is 354. The van der Waals surface area contributed by atoms with Crippen LogP contribution in [0.25, 0.3) is 0 Å². The van der Waals surface area contributed by atoms with Gasteiger partial charge in [-0.05, 0) is 19.8 Å². The number of nitrogens with one attached hydrogen (secondary N) is 1. The van der Waals surface area contributed by atoms with E-state index in [0.29, 0.717) is 6.54 Å². The minimum absolute atomic E-state index is 0.500. The van der Waals surface area contributed by atoms with Crippen molar-refractivity contribution in [3.8, 4) is 0 Å². The molecule has 4 heteroatoms. The van der Waals surface area contributed by atoms with Crippen molar-refractivity contribution in [2.24, 2.45) is 0 Å². The van der Waals surface area contributed by atoms with Gasteiger partial charge in [0.25, 0.3) is 0 Å². The van der Waals surface area contributed by atoms with Crippen molar-refractivity contribution in [3.63, 3.8) is 0 Å². The Kier molecular flexibility index (Phi) is 4.78. The SMILES string of the molecule is CCn1ccnc1CNCC1(O)CCCCCC1. The second-order valence-electron chi connectivity index (χ2n) is 5.37. The summed E-state index contributed by atoms with van der Waals surface area (Å²) in [6, 6.07) is 0. The molecule has 18 heavy (non-hydrogen) atoms. The zero-order valence-corrected chi connectivity index (χ0v) is 11.4. The highest BCUT2D eigenvalue weighted by molar-refractivity contribution is 4.92. The van der Waals surface area contributed by atoms with E-state index >= 15 is 0 Å². The van der Waals surface area contributed by atoms with Crippen molar-refractivity contribution < 1.29 is 5.11 Å². The van der Waals surface area contributed by atoms with E-state index in [2.05, 4.69) is 21.8 Å². The van der Waals surface area contributed by atoms with Crippen molar-refractivity contribution in [2.45, 2.75) is 64.1 Å². The van der Waals surface area contributed by atoms with E-state index < -0.39 is 5.60 Å². The van der Waals surface area contributed by atoms with Crippen LogP contribution in [-0.2, 0) is 13.1 Å². The first kappa shape index (κ1) is 13.6. The zero-order valence-electron chi connectivity index (χ0n) is 11.4. The van der Waals surface area contributed by atoms with Gasteiger partial charge in [-0.25, -0.2) is 4.98 Å². The topological polar surface area (TPSA) is 50.1 Å². The summed E-state index contributed by atoms with van der Waals surface area (Å²) in [4.78, 5) is 4.33. The van der Waals surface area contributed by atoms with Gasteiger partial charge in [-0.2, -0.15) is 0 Å². The molecule has 2 rings (SSSR count). The van der Waals surface area contributed by atoms with Crippen LogP contribution in [0.2, 0.25) is 0 Å². The van der Waals surface area contributed by atoms with Crippen LogP contribution < -0.4 is 5.32 Å². The summed E-state index contributed by atoms with van der Waals surface area (Å²) >= 11 is 0. The molecule has 0 bridgehead atoms. The fraction of sp³-hybridized carbons (Fsp3) is 0.786. The molecule has 0 amide bonds. The average molecular weight is 251 g/mol. The Morgan fingerprint density at radius 2 is 2.06 bits per heavy atom. The summed E-state index contributed by atoms with van der Waals surface area (Å²) in [5, 5.41) is 13.9. The fourth-order valence-corrected chi connectivity index (χ4v) is 2.77. The van der Waals surface area contributed by atoms with Crippen LogP contribution in [0, 0.1) is 0 Å². The van der Waals surface area contributed by atoms with E-state index in [1.165, 1.54) is 12.8 Å². The first-order valence-electron chi connectivity index (χ1n) is 7.17. The number of nitrogens with zero attached hydrogens (tertiary/aromatic N) is 2. The highest BCUT2D eigenvalue weighted by Crippen LogP contribution is 2.26.